The Morgan fingerprint density at radius 3 is 2.70 bits per heavy atom. The van der Waals surface area contributed by atoms with Crippen molar-refractivity contribution in [1.29, 1.82) is 0 Å². The number of thiazole rings is 1. The number of anilines is 1. The minimum absolute atomic E-state index is 0.0571. The summed E-state index contributed by atoms with van der Waals surface area (Å²) in [4.78, 5) is 28.7. The molecule has 0 bridgehead atoms. The number of hydrogen-bond acceptors (Lipinski definition) is 6. The molecule has 2 aromatic rings. The largest absolute Gasteiger partial charge is 0.466 e. The monoisotopic (exact) mass is 406 g/mol. The van der Waals surface area contributed by atoms with Crippen LogP contribution in [0.3, 0.4) is 0 Å². The molecule has 1 amide bonds. The van der Waals surface area contributed by atoms with Crippen LogP contribution >= 0.6 is 23.1 Å². The zero-order valence-corrected chi connectivity index (χ0v) is 18.0. The molecule has 0 saturated carbocycles. The molecule has 0 saturated heterocycles. The van der Waals surface area contributed by atoms with Crippen LogP contribution in [0.15, 0.2) is 27.9 Å². The van der Waals surface area contributed by atoms with Gasteiger partial charge in [-0.1, -0.05) is 43.8 Å². The van der Waals surface area contributed by atoms with Crippen molar-refractivity contribution in [3.8, 4) is 0 Å². The number of rotatable bonds is 8. The summed E-state index contributed by atoms with van der Waals surface area (Å²) >= 11 is 2.83. The third-order valence-corrected chi connectivity index (χ3v) is 6.10. The molecule has 1 heterocycles. The van der Waals surface area contributed by atoms with Crippen LogP contribution in [0.2, 0.25) is 0 Å². The van der Waals surface area contributed by atoms with Crippen molar-refractivity contribution in [2.75, 3.05) is 11.9 Å². The third kappa shape index (κ3) is 6.07. The highest BCUT2D eigenvalue weighted by molar-refractivity contribution is 8.02. The van der Waals surface area contributed by atoms with E-state index in [4.69, 9.17) is 4.74 Å². The van der Waals surface area contributed by atoms with E-state index in [2.05, 4.69) is 24.1 Å². The van der Waals surface area contributed by atoms with Gasteiger partial charge in [-0.15, -0.1) is 11.3 Å². The molecule has 7 heteroatoms. The molecule has 1 atom stereocenters. The minimum Gasteiger partial charge on any atom is -0.466 e. The lowest BCUT2D eigenvalue weighted by Gasteiger charge is -2.18. The van der Waals surface area contributed by atoms with Gasteiger partial charge in [0.2, 0.25) is 5.91 Å². The SMILES string of the molecule is CCOC(=O)Cc1csc(S[C@@H](C)C(=O)Nc2c(C)cccc2C(C)C)n1. The summed E-state index contributed by atoms with van der Waals surface area (Å²) in [6, 6.07) is 6.06. The first-order chi connectivity index (χ1) is 12.8. The zero-order valence-electron chi connectivity index (χ0n) is 16.4. The highest BCUT2D eigenvalue weighted by Gasteiger charge is 2.20. The highest BCUT2D eigenvalue weighted by atomic mass is 32.2. The van der Waals surface area contributed by atoms with Gasteiger partial charge < -0.3 is 10.1 Å². The lowest BCUT2D eigenvalue weighted by molar-refractivity contribution is -0.142. The second kappa shape index (κ2) is 9.90. The maximum absolute atomic E-state index is 12.7. The maximum Gasteiger partial charge on any atom is 0.311 e. The van der Waals surface area contributed by atoms with Crippen molar-refractivity contribution in [2.24, 2.45) is 0 Å². The number of amides is 1. The Morgan fingerprint density at radius 1 is 1.30 bits per heavy atom. The topological polar surface area (TPSA) is 68.3 Å². The van der Waals surface area contributed by atoms with E-state index in [0.717, 1.165) is 21.2 Å². The summed E-state index contributed by atoms with van der Waals surface area (Å²) in [6.07, 6.45) is 0.159. The van der Waals surface area contributed by atoms with E-state index in [1.54, 1.807) is 6.92 Å². The van der Waals surface area contributed by atoms with Crippen LogP contribution in [0.1, 0.15) is 50.4 Å². The molecule has 27 heavy (non-hydrogen) atoms. The molecule has 5 nitrogen and oxygen atoms in total. The van der Waals surface area contributed by atoms with E-state index in [-0.39, 0.29) is 23.5 Å². The Morgan fingerprint density at radius 2 is 2.04 bits per heavy atom. The van der Waals surface area contributed by atoms with Crippen LogP contribution in [0.5, 0.6) is 0 Å². The quantitative estimate of drug-likeness (QED) is 0.504. The van der Waals surface area contributed by atoms with Crippen molar-refractivity contribution >= 4 is 40.7 Å². The molecule has 0 aliphatic carbocycles. The first-order valence-corrected chi connectivity index (χ1v) is 10.7. The number of nitrogens with one attached hydrogen (secondary N) is 1. The van der Waals surface area contributed by atoms with Gasteiger partial charge in [-0.3, -0.25) is 9.59 Å². The number of aryl methyl sites for hydroxylation is 1. The summed E-state index contributed by atoms with van der Waals surface area (Å²) < 4.78 is 5.71. The van der Waals surface area contributed by atoms with Crippen molar-refractivity contribution in [2.45, 2.75) is 56.5 Å². The predicted molar refractivity (Wildman–Crippen MR) is 112 cm³/mol. The lowest BCUT2D eigenvalue weighted by atomic mass is 9.98. The van der Waals surface area contributed by atoms with Crippen LogP contribution < -0.4 is 5.32 Å². The fourth-order valence-corrected chi connectivity index (χ4v) is 4.54. The average molecular weight is 407 g/mol. The number of hydrogen-bond donors (Lipinski definition) is 1. The van der Waals surface area contributed by atoms with Gasteiger partial charge in [0.05, 0.1) is 24.0 Å². The number of nitrogens with zero attached hydrogens (tertiary/aromatic N) is 1. The standard InChI is InChI=1S/C20H26N2O3S2/c1-6-25-17(23)10-15-11-26-20(21-15)27-14(5)19(24)22-18-13(4)8-7-9-16(18)12(2)3/h7-9,11-12,14H,6,10H2,1-5H3,(H,22,24)/t14-/m0/s1. The fraction of sp³-hybridized carbons (Fsp3) is 0.450. The van der Waals surface area contributed by atoms with E-state index >= 15 is 0 Å². The number of benzene rings is 1. The normalized spacial score (nSPS) is 12.1. The molecule has 0 aliphatic heterocycles. The number of carbonyl (C=O) groups is 2. The lowest BCUT2D eigenvalue weighted by Crippen LogP contribution is -2.23. The van der Waals surface area contributed by atoms with Crippen molar-refractivity contribution in [3.63, 3.8) is 0 Å². The van der Waals surface area contributed by atoms with Gasteiger partial charge in [-0.2, -0.15) is 0 Å². The summed E-state index contributed by atoms with van der Waals surface area (Å²) in [5.41, 5.74) is 3.76. The Balaban J connectivity index is 2.01. The first-order valence-electron chi connectivity index (χ1n) is 8.98. The second-order valence-electron chi connectivity index (χ2n) is 6.53. The molecule has 1 N–H and O–H groups in total. The maximum atomic E-state index is 12.7. The van der Waals surface area contributed by atoms with Crippen molar-refractivity contribution in [1.82, 2.24) is 4.98 Å². The van der Waals surface area contributed by atoms with E-state index < -0.39 is 0 Å². The fourth-order valence-electron chi connectivity index (χ4n) is 2.56. The van der Waals surface area contributed by atoms with E-state index in [0.29, 0.717) is 18.2 Å². The van der Waals surface area contributed by atoms with Gasteiger partial charge in [0.1, 0.15) is 0 Å². The first kappa shape index (κ1) is 21.4. The Labute approximate surface area is 168 Å². The molecule has 0 unspecified atom stereocenters. The molecule has 0 radical (unpaired) electrons. The molecule has 146 valence electrons. The zero-order chi connectivity index (χ0) is 20.0. The number of aromatic nitrogens is 1. The molecule has 1 aromatic carbocycles. The predicted octanol–water partition coefficient (Wildman–Crippen LogP) is 4.80. The van der Waals surface area contributed by atoms with Crippen LogP contribution in [-0.4, -0.2) is 28.7 Å². The molecule has 0 aliphatic rings. The summed E-state index contributed by atoms with van der Waals surface area (Å²) in [5.74, 6) is -0.0168. The van der Waals surface area contributed by atoms with Crippen molar-refractivity contribution in [3.05, 3.63) is 40.4 Å². The Bertz CT molecular complexity index is 802. The van der Waals surface area contributed by atoms with Crippen LogP contribution in [0.25, 0.3) is 0 Å². The molecular formula is C20H26N2O3S2. The van der Waals surface area contributed by atoms with E-state index in [1.807, 2.05) is 37.4 Å². The highest BCUT2D eigenvalue weighted by Crippen LogP contribution is 2.30. The van der Waals surface area contributed by atoms with E-state index in [1.165, 1.54) is 23.1 Å². The summed E-state index contributed by atoms with van der Waals surface area (Å²) in [6.45, 7) is 10.2. The third-order valence-electron chi connectivity index (χ3n) is 3.98. The number of carbonyl (C=O) groups excluding carboxylic acids is 2. The number of ether oxygens (including phenoxy) is 1. The van der Waals surface area contributed by atoms with Gasteiger partial charge in [-0.05, 0) is 37.8 Å². The smallest absolute Gasteiger partial charge is 0.311 e. The van der Waals surface area contributed by atoms with Crippen LogP contribution in [0.4, 0.5) is 5.69 Å². The van der Waals surface area contributed by atoms with Gasteiger partial charge in [0.15, 0.2) is 4.34 Å². The van der Waals surface area contributed by atoms with Crippen LogP contribution in [0, 0.1) is 6.92 Å². The number of thioether (sulfide) groups is 1. The second-order valence-corrected chi connectivity index (χ2v) is 8.98. The minimum atomic E-state index is -0.300. The molecule has 0 fully saturated rings. The van der Waals surface area contributed by atoms with Crippen LogP contribution in [-0.2, 0) is 20.7 Å². The number of para-hydroxylation sites is 1. The van der Waals surface area contributed by atoms with Gasteiger partial charge in [0, 0.05) is 11.1 Å². The van der Waals surface area contributed by atoms with Gasteiger partial charge >= 0.3 is 5.97 Å². The van der Waals surface area contributed by atoms with Gasteiger partial charge in [-0.25, -0.2) is 4.98 Å². The Hall–Kier alpha value is -1.86. The average Bonchev–Trinajstić information content (AvgIpc) is 3.03. The molecule has 0 spiro atoms. The van der Waals surface area contributed by atoms with E-state index in [9.17, 15) is 9.59 Å². The molecular weight excluding hydrogens is 380 g/mol. The molecule has 2 rings (SSSR count). The summed E-state index contributed by atoms with van der Waals surface area (Å²) in [5, 5.41) is 4.61. The van der Waals surface area contributed by atoms with Gasteiger partial charge in [0.25, 0.3) is 0 Å². The summed E-state index contributed by atoms with van der Waals surface area (Å²) in [7, 11) is 0. The Kier molecular flexibility index (Phi) is 7.86. The van der Waals surface area contributed by atoms with Crippen molar-refractivity contribution < 1.29 is 14.3 Å². The molecule has 1 aromatic heterocycles. The number of esters is 1.